The van der Waals surface area contributed by atoms with E-state index in [1.54, 1.807) is 6.08 Å². The van der Waals surface area contributed by atoms with Crippen LogP contribution < -0.4 is 5.32 Å². The number of amides is 1. The Kier molecular flexibility index (Phi) is 52.0. The molecule has 0 radical (unpaired) electrons. The Labute approximate surface area is 493 Å². The van der Waals surface area contributed by atoms with Crippen molar-refractivity contribution in [1.82, 2.24) is 5.32 Å². The molecule has 0 aromatic heterocycles. The van der Waals surface area contributed by atoms with E-state index >= 15 is 0 Å². The summed E-state index contributed by atoms with van der Waals surface area (Å²) < 4.78 is 17.6. The van der Waals surface area contributed by atoms with Crippen molar-refractivity contribution >= 4 is 11.9 Å². The molecule has 1 saturated heterocycles. The highest BCUT2D eigenvalue weighted by molar-refractivity contribution is 5.80. The maximum absolute atomic E-state index is 13.4. The lowest BCUT2D eigenvalue weighted by Crippen LogP contribution is -2.61. The van der Waals surface area contributed by atoms with Gasteiger partial charge >= 0.3 is 5.97 Å². The summed E-state index contributed by atoms with van der Waals surface area (Å²) in [6.45, 7) is 5.48. The SMILES string of the molecule is CC/C=C\C/C=C\C/C=C\C/C=C\C/C=C\CCCCCCCCCCCCCC(=O)OC1C(OCC(NC(=O)C(O)CCCC/C=C/C=C\C=C/C=C/C=C/CC)C(O)/C=C/CCCCCCCCCCC)OC(CO)C(O)C1O. The van der Waals surface area contributed by atoms with Crippen molar-refractivity contribution < 1.29 is 49.3 Å². The molecule has 0 spiro atoms. The van der Waals surface area contributed by atoms with Crippen LogP contribution in [0.1, 0.15) is 233 Å². The van der Waals surface area contributed by atoms with Gasteiger partial charge in [0.15, 0.2) is 12.4 Å². The second-order valence-electron chi connectivity index (χ2n) is 21.5. The summed E-state index contributed by atoms with van der Waals surface area (Å²) in [5.74, 6) is -1.25. The predicted octanol–water partition coefficient (Wildman–Crippen LogP) is 15.6. The molecule has 8 unspecified atom stereocenters. The first-order valence-corrected chi connectivity index (χ1v) is 32.0. The van der Waals surface area contributed by atoms with Gasteiger partial charge in [-0.1, -0.05) is 270 Å². The number of nitrogens with one attached hydrogen (secondary N) is 1. The molecule has 1 rings (SSSR count). The Balaban J connectivity index is 2.60. The van der Waals surface area contributed by atoms with Gasteiger partial charge in [0.2, 0.25) is 5.91 Å². The van der Waals surface area contributed by atoms with Crippen molar-refractivity contribution in [2.24, 2.45) is 0 Å². The van der Waals surface area contributed by atoms with Gasteiger partial charge in [-0.2, -0.15) is 0 Å². The number of ether oxygens (including phenoxy) is 3. The number of allylic oxidation sites excluding steroid dienone is 21. The van der Waals surface area contributed by atoms with Crippen LogP contribution >= 0.6 is 0 Å². The van der Waals surface area contributed by atoms with Gasteiger partial charge < -0.3 is 45.1 Å². The zero-order valence-electron chi connectivity index (χ0n) is 50.8. The average Bonchev–Trinajstić information content (AvgIpc) is 3.49. The van der Waals surface area contributed by atoms with Crippen molar-refractivity contribution in [3.63, 3.8) is 0 Å². The van der Waals surface area contributed by atoms with E-state index in [0.717, 1.165) is 109 Å². The molecule has 0 saturated carbocycles. The first-order valence-electron chi connectivity index (χ1n) is 32.0. The molecule has 0 aliphatic carbocycles. The molecular formula is C70H115NO10. The fourth-order valence-corrected chi connectivity index (χ4v) is 9.17. The molecule has 1 aliphatic heterocycles. The number of aliphatic hydroxyl groups excluding tert-OH is 5. The largest absolute Gasteiger partial charge is 0.454 e. The first kappa shape index (κ1) is 74.8. The minimum absolute atomic E-state index is 0.106. The van der Waals surface area contributed by atoms with E-state index in [0.29, 0.717) is 12.8 Å². The Morgan fingerprint density at radius 1 is 0.506 bits per heavy atom. The van der Waals surface area contributed by atoms with Crippen LogP contribution in [-0.2, 0) is 23.8 Å². The third-order valence-corrected chi connectivity index (χ3v) is 14.2. The second-order valence-corrected chi connectivity index (χ2v) is 21.5. The topological polar surface area (TPSA) is 175 Å². The number of unbranched alkanes of at least 4 members (excludes halogenated alkanes) is 22. The lowest BCUT2D eigenvalue weighted by Gasteiger charge is -2.41. The van der Waals surface area contributed by atoms with Crippen molar-refractivity contribution in [2.75, 3.05) is 13.2 Å². The fourth-order valence-electron chi connectivity index (χ4n) is 9.17. The van der Waals surface area contributed by atoms with E-state index in [2.05, 4.69) is 92.9 Å². The van der Waals surface area contributed by atoms with Gasteiger partial charge in [0.05, 0.1) is 25.4 Å². The maximum atomic E-state index is 13.4. The monoisotopic (exact) mass is 1130 g/mol. The molecule has 11 heteroatoms. The van der Waals surface area contributed by atoms with E-state index < -0.39 is 67.4 Å². The highest BCUT2D eigenvalue weighted by Gasteiger charge is 2.47. The highest BCUT2D eigenvalue weighted by Crippen LogP contribution is 2.26. The third-order valence-electron chi connectivity index (χ3n) is 14.2. The summed E-state index contributed by atoms with van der Waals surface area (Å²) in [6.07, 6.45) is 69.3. The number of hydrogen-bond donors (Lipinski definition) is 6. The molecule has 460 valence electrons. The van der Waals surface area contributed by atoms with Gasteiger partial charge in [0.1, 0.15) is 24.4 Å². The van der Waals surface area contributed by atoms with Crippen LogP contribution in [0, 0.1) is 0 Å². The standard InChI is InChI=1S/C70H115NO10/c1-4-7-10-13-16-19-22-24-26-27-28-29-30-31-32-33-34-35-36-37-38-40-43-46-49-52-55-58-65(75)81-68-67(77)66(76)64(59-72)80-70(68)79-60-61(62(73)56-53-50-47-44-41-21-18-15-12-9-6-3)71-69(78)63(74)57-54-51-48-45-42-39-25-23-20-17-14-11-8-5-2/h7-8,10-11,14,16-17,19-20,23-26,28-29,31-32,39,42,45,53,56,61-64,66-68,70,72-74,76-77H,4-6,9,12-13,15,18,21-22,27,30,33-38,40-41,43-44,46-52,54-55,57-60H2,1-3H3,(H,71,78)/b10-7-,11-8+,17-14+,19-16-,23-20-,26-24-,29-28-,32-31-,39-25-,45-42+,56-53+. The molecule has 6 N–H and O–H groups in total. The molecule has 8 atom stereocenters. The van der Waals surface area contributed by atoms with Gasteiger partial charge in [0, 0.05) is 6.42 Å². The summed E-state index contributed by atoms with van der Waals surface area (Å²) in [6, 6.07) is -1.05. The number of aliphatic hydroxyl groups is 5. The van der Waals surface area contributed by atoms with Crippen LogP contribution in [0.4, 0.5) is 0 Å². The molecule has 1 amide bonds. The molecule has 1 aliphatic rings. The van der Waals surface area contributed by atoms with Crippen LogP contribution in [0.3, 0.4) is 0 Å². The normalized spacial score (nSPS) is 19.6. The van der Waals surface area contributed by atoms with E-state index in [1.807, 2.05) is 60.8 Å². The Bertz CT molecular complexity index is 1830. The number of hydrogen-bond acceptors (Lipinski definition) is 10. The molecule has 1 fully saturated rings. The molecule has 11 nitrogen and oxygen atoms in total. The predicted molar refractivity (Wildman–Crippen MR) is 337 cm³/mol. The van der Waals surface area contributed by atoms with Gasteiger partial charge in [-0.05, 0) is 89.9 Å². The molecular weight excluding hydrogens is 1010 g/mol. The van der Waals surface area contributed by atoms with Crippen molar-refractivity contribution in [3.8, 4) is 0 Å². The van der Waals surface area contributed by atoms with Crippen LogP contribution in [0.5, 0.6) is 0 Å². The van der Waals surface area contributed by atoms with E-state index in [9.17, 15) is 35.1 Å². The van der Waals surface area contributed by atoms with Gasteiger partial charge in [-0.25, -0.2) is 0 Å². The minimum atomic E-state index is -1.63. The summed E-state index contributed by atoms with van der Waals surface area (Å²) in [5, 5.41) is 56.9. The van der Waals surface area contributed by atoms with Crippen molar-refractivity contribution in [3.05, 3.63) is 134 Å². The van der Waals surface area contributed by atoms with Crippen molar-refractivity contribution in [2.45, 2.75) is 282 Å². The van der Waals surface area contributed by atoms with E-state index in [1.165, 1.54) is 77.0 Å². The van der Waals surface area contributed by atoms with Crippen LogP contribution in [-0.4, -0.2) is 99.6 Å². The molecule has 0 bridgehead atoms. The Morgan fingerprint density at radius 2 is 0.951 bits per heavy atom. The molecule has 1 heterocycles. The zero-order chi connectivity index (χ0) is 58.9. The zero-order valence-corrected chi connectivity index (χ0v) is 50.8. The third kappa shape index (κ3) is 44.1. The van der Waals surface area contributed by atoms with E-state index in [-0.39, 0.29) is 19.4 Å². The number of carbonyl (C=O) groups is 2. The van der Waals surface area contributed by atoms with Crippen LogP contribution in [0.15, 0.2) is 134 Å². The molecule has 81 heavy (non-hydrogen) atoms. The first-order chi connectivity index (χ1) is 39.7. The van der Waals surface area contributed by atoms with Gasteiger partial charge in [-0.15, -0.1) is 0 Å². The highest BCUT2D eigenvalue weighted by atomic mass is 16.7. The Morgan fingerprint density at radius 3 is 1.48 bits per heavy atom. The maximum Gasteiger partial charge on any atom is 0.306 e. The van der Waals surface area contributed by atoms with Gasteiger partial charge in [0.25, 0.3) is 0 Å². The Hall–Kier alpha value is -4.20. The smallest absolute Gasteiger partial charge is 0.306 e. The lowest BCUT2D eigenvalue weighted by atomic mass is 9.99. The average molecular weight is 1130 g/mol. The summed E-state index contributed by atoms with van der Waals surface area (Å²) in [7, 11) is 0. The van der Waals surface area contributed by atoms with Crippen LogP contribution in [0.25, 0.3) is 0 Å². The number of carbonyl (C=O) groups excluding carboxylic acids is 2. The summed E-state index contributed by atoms with van der Waals surface area (Å²) >= 11 is 0. The number of rotatable bonds is 52. The quantitative estimate of drug-likeness (QED) is 0.0149. The fraction of sp³-hybridized carbons (Fsp3) is 0.657. The second kappa shape index (κ2) is 56.3. The number of esters is 1. The minimum Gasteiger partial charge on any atom is -0.454 e. The van der Waals surface area contributed by atoms with Crippen molar-refractivity contribution in [1.29, 1.82) is 0 Å². The summed E-state index contributed by atoms with van der Waals surface area (Å²) in [5.41, 5.74) is 0. The van der Waals surface area contributed by atoms with E-state index in [4.69, 9.17) is 14.2 Å². The summed E-state index contributed by atoms with van der Waals surface area (Å²) in [4.78, 5) is 26.5. The van der Waals surface area contributed by atoms with Crippen LogP contribution in [0.2, 0.25) is 0 Å². The van der Waals surface area contributed by atoms with Gasteiger partial charge in [-0.3, -0.25) is 9.59 Å². The molecule has 0 aromatic carbocycles. The lowest BCUT2D eigenvalue weighted by molar-refractivity contribution is -0.305. The molecule has 0 aromatic rings.